The van der Waals surface area contributed by atoms with E-state index in [4.69, 9.17) is 10.2 Å². The minimum Gasteiger partial charge on any atom is -0.484 e. The Balaban J connectivity index is 2.76. The predicted octanol–water partition coefficient (Wildman–Crippen LogP) is 1.62. The summed E-state index contributed by atoms with van der Waals surface area (Å²) in [5, 5.41) is 17.7. The lowest BCUT2D eigenvalue weighted by Gasteiger charge is -2.13. The number of hydrogen-bond donors (Lipinski definition) is 2. The maximum atomic E-state index is 12.0. The van der Waals surface area contributed by atoms with Gasteiger partial charge in [0.15, 0.2) is 12.7 Å². The van der Waals surface area contributed by atoms with Crippen molar-refractivity contribution in [1.29, 1.82) is 0 Å². The minimum absolute atomic E-state index is 0.0878. The monoisotopic (exact) mass is 264 g/mol. The van der Waals surface area contributed by atoms with Gasteiger partial charge in [-0.2, -0.15) is 13.2 Å². The van der Waals surface area contributed by atoms with Gasteiger partial charge in [-0.05, 0) is 11.6 Å². The van der Waals surface area contributed by atoms with Gasteiger partial charge in [0.25, 0.3) is 0 Å². The molecule has 0 fully saturated rings. The molecule has 0 aliphatic heterocycles. The Kier molecular flexibility index (Phi) is 4.55. The van der Waals surface area contributed by atoms with Crippen molar-refractivity contribution < 1.29 is 32.9 Å². The molecule has 0 aliphatic carbocycles. The van der Waals surface area contributed by atoms with Crippen LogP contribution in [0.5, 0.6) is 5.75 Å². The Bertz CT molecular complexity index is 417. The summed E-state index contributed by atoms with van der Waals surface area (Å²) in [5.41, 5.74) is 0.205. The summed E-state index contributed by atoms with van der Waals surface area (Å²) in [7, 11) is 0. The van der Waals surface area contributed by atoms with Crippen molar-refractivity contribution in [3.63, 3.8) is 0 Å². The Morgan fingerprint density at radius 2 is 1.94 bits per heavy atom. The maximum absolute atomic E-state index is 12.0. The molecule has 0 spiro atoms. The summed E-state index contributed by atoms with van der Waals surface area (Å²) in [6.07, 6.45) is -6.47. The van der Waals surface area contributed by atoms with E-state index in [-0.39, 0.29) is 17.7 Å². The zero-order chi connectivity index (χ0) is 13.8. The predicted molar refractivity (Wildman–Crippen MR) is 55.3 cm³/mol. The Morgan fingerprint density at radius 3 is 2.50 bits per heavy atom. The topological polar surface area (TPSA) is 66.8 Å². The molecule has 0 heterocycles. The van der Waals surface area contributed by atoms with Crippen LogP contribution in [0.1, 0.15) is 5.56 Å². The van der Waals surface area contributed by atoms with Gasteiger partial charge in [0.1, 0.15) is 5.75 Å². The van der Waals surface area contributed by atoms with E-state index in [1.54, 1.807) is 0 Å². The van der Waals surface area contributed by atoms with Crippen LogP contribution >= 0.6 is 0 Å². The van der Waals surface area contributed by atoms with E-state index in [9.17, 15) is 18.0 Å². The second kappa shape index (κ2) is 5.72. The van der Waals surface area contributed by atoms with E-state index in [1.807, 2.05) is 0 Å². The number of aliphatic hydroxyl groups is 1. The van der Waals surface area contributed by atoms with E-state index >= 15 is 0 Å². The fourth-order valence-electron chi connectivity index (χ4n) is 1.27. The van der Waals surface area contributed by atoms with E-state index in [2.05, 4.69) is 4.74 Å². The second-order valence-electron chi connectivity index (χ2n) is 3.57. The number of rotatable bonds is 5. The summed E-state index contributed by atoms with van der Waals surface area (Å²) in [5.74, 6) is -1.53. The van der Waals surface area contributed by atoms with Crippen LogP contribution < -0.4 is 4.74 Å². The summed E-state index contributed by atoms with van der Waals surface area (Å²) in [6, 6.07) is 5.67. The first-order chi connectivity index (χ1) is 8.29. The third kappa shape index (κ3) is 4.62. The highest BCUT2D eigenvalue weighted by Crippen LogP contribution is 2.23. The molecule has 18 heavy (non-hydrogen) atoms. The van der Waals surface area contributed by atoms with Crippen LogP contribution in [0.25, 0.3) is 0 Å². The number of halogens is 3. The summed E-state index contributed by atoms with van der Waals surface area (Å²) in [6.45, 7) is -1.47. The molecule has 100 valence electrons. The highest BCUT2D eigenvalue weighted by Gasteiger charge is 2.29. The number of aliphatic hydroxyl groups excluding tert-OH is 1. The van der Waals surface area contributed by atoms with E-state index in [0.717, 1.165) is 0 Å². The number of carbonyl (C=O) groups is 1. The molecule has 7 heteroatoms. The molecule has 0 radical (unpaired) electrons. The summed E-state index contributed by atoms with van der Waals surface area (Å²) < 4.78 is 40.5. The Morgan fingerprint density at radius 1 is 1.33 bits per heavy atom. The molecular formula is C11H11F3O4. The van der Waals surface area contributed by atoms with E-state index in [0.29, 0.717) is 0 Å². The normalized spacial score (nSPS) is 13.1. The minimum atomic E-state index is -4.47. The number of carboxylic acid groups (broad SMARTS) is 1. The zero-order valence-electron chi connectivity index (χ0n) is 9.15. The first kappa shape index (κ1) is 14.3. The lowest BCUT2D eigenvalue weighted by molar-refractivity contribution is -0.153. The van der Waals surface area contributed by atoms with Crippen LogP contribution in [-0.4, -0.2) is 35.1 Å². The fraction of sp³-hybridized carbons (Fsp3) is 0.364. The first-order valence-electron chi connectivity index (χ1n) is 4.98. The van der Waals surface area contributed by atoms with Crippen LogP contribution in [0, 0.1) is 0 Å². The van der Waals surface area contributed by atoms with Crippen molar-refractivity contribution in [1.82, 2.24) is 0 Å². The Hall–Kier alpha value is -1.76. The lowest BCUT2D eigenvalue weighted by Crippen LogP contribution is -2.23. The SMILES string of the molecule is O=C(O)[C@@H](O)Cc1ccccc1OCC(F)(F)F. The van der Waals surface area contributed by atoms with Crippen molar-refractivity contribution in [2.75, 3.05) is 6.61 Å². The molecular weight excluding hydrogens is 253 g/mol. The smallest absolute Gasteiger partial charge is 0.422 e. The van der Waals surface area contributed by atoms with Crippen molar-refractivity contribution >= 4 is 5.97 Å². The molecule has 1 atom stereocenters. The molecule has 1 aromatic rings. The highest BCUT2D eigenvalue weighted by atomic mass is 19.4. The number of benzene rings is 1. The molecule has 4 nitrogen and oxygen atoms in total. The average Bonchev–Trinajstić information content (AvgIpc) is 2.26. The number of ether oxygens (including phenoxy) is 1. The van der Waals surface area contributed by atoms with Gasteiger partial charge in [0.05, 0.1) is 0 Å². The lowest BCUT2D eigenvalue weighted by atomic mass is 10.1. The second-order valence-corrected chi connectivity index (χ2v) is 3.57. The van der Waals surface area contributed by atoms with Crippen molar-refractivity contribution in [3.8, 4) is 5.75 Å². The van der Waals surface area contributed by atoms with E-state index < -0.39 is 24.9 Å². The molecule has 0 unspecified atom stereocenters. The maximum Gasteiger partial charge on any atom is 0.422 e. The van der Waals surface area contributed by atoms with Crippen molar-refractivity contribution in [2.24, 2.45) is 0 Å². The number of alkyl halides is 3. The first-order valence-corrected chi connectivity index (χ1v) is 4.98. The standard InChI is InChI=1S/C11H11F3O4/c12-11(13,14)6-18-9-4-2-1-3-7(9)5-8(15)10(16)17/h1-4,8,15H,5-6H2,(H,16,17)/t8-/m0/s1. The number of aliphatic carboxylic acids is 1. The molecule has 2 N–H and O–H groups in total. The van der Waals surface area contributed by atoms with Gasteiger partial charge in [-0.3, -0.25) is 0 Å². The molecule has 0 saturated heterocycles. The van der Waals surface area contributed by atoms with Gasteiger partial charge >= 0.3 is 12.1 Å². The molecule has 0 saturated carbocycles. The molecule has 0 amide bonds. The van der Waals surface area contributed by atoms with Gasteiger partial charge in [0, 0.05) is 6.42 Å². The zero-order valence-corrected chi connectivity index (χ0v) is 9.15. The third-order valence-electron chi connectivity index (χ3n) is 2.06. The van der Waals surface area contributed by atoms with Gasteiger partial charge in [-0.25, -0.2) is 4.79 Å². The molecule has 0 aliphatic rings. The van der Waals surface area contributed by atoms with Gasteiger partial charge in [0.2, 0.25) is 0 Å². The van der Waals surface area contributed by atoms with E-state index in [1.165, 1.54) is 24.3 Å². The number of carboxylic acids is 1. The van der Waals surface area contributed by atoms with Crippen LogP contribution in [0.4, 0.5) is 13.2 Å². The quantitative estimate of drug-likeness (QED) is 0.848. The Labute approximate surface area is 101 Å². The molecule has 0 bridgehead atoms. The highest BCUT2D eigenvalue weighted by molar-refractivity contribution is 5.72. The van der Waals surface area contributed by atoms with Crippen molar-refractivity contribution in [2.45, 2.75) is 18.7 Å². The molecule has 1 aromatic carbocycles. The van der Waals surface area contributed by atoms with Gasteiger partial charge in [-0.1, -0.05) is 18.2 Å². The molecule has 0 aromatic heterocycles. The number of hydrogen-bond acceptors (Lipinski definition) is 3. The van der Waals surface area contributed by atoms with Crippen LogP contribution in [-0.2, 0) is 11.2 Å². The molecule has 1 rings (SSSR count). The number of para-hydroxylation sites is 1. The summed E-state index contributed by atoms with van der Waals surface area (Å²) in [4.78, 5) is 10.5. The van der Waals surface area contributed by atoms with Crippen LogP contribution in [0.3, 0.4) is 0 Å². The van der Waals surface area contributed by atoms with Crippen LogP contribution in [0.15, 0.2) is 24.3 Å². The van der Waals surface area contributed by atoms with Gasteiger partial charge < -0.3 is 14.9 Å². The largest absolute Gasteiger partial charge is 0.484 e. The van der Waals surface area contributed by atoms with Crippen molar-refractivity contribution in [3.05, 3.63) is 29.8 Å². The average molecular weight is 264 g/mol. The third-order valence-corrected chi connectivity index (χ3v) is 2.06. The van der Waals surface area contributed by atoms with Crippen LogP contribution in [0.2, 0.25) is 0 Å². The van der Waals surface area contributed by atoms with Gasteiger partial charge in [-0.15, -0.1) is 0 Å². The summed E-state index contributed by atoms with van der Waals surface area (Å²) >= 11 is 0. The fourth-order valence-corrected chi connectivity index (χ4v) is 1.27.